The first kappa shape index (κ1) is 20.0. The lowest BCUT2D eigenvalue weighted by Crippen LogP contribution is -2.39. The third-order valence-corrected chi connectivity index (χ3v) is 4.65. The molecule has 116 valence electrons. The van der Waals surface area contributed by atoms with Crippen LogP contribution < -0.4 is 0 Å². The van der Waals surface area contributed by atoms with E-state index in [-0.39, 0.29) is 6.10 Å². The Morgan fingerprint density at radius 1 is 0.895 bits per heavy atom. The van der Waals surface area contributed by atoms with E-state index in [0.29, 0.717) is 0 Å². The van der Waals surface area contributed by atoms with Crippen molar-refractivity contribution in [1.29, 1.82) is 0 Å². The zero-order valence-electron chi connectivity index (χ0n) is 12.8. The van der Waals surface area contributed by atoms with Gasteiger partial charge in [0.05, 0.1) is 6.10 Å². The number of unbranched alkanes of at least 4 members (excludes halogenated alkanes) is 6. The lowest BCUT2D eigenvalue weighted by Gasteiger charge is -2.31. The molecule has 0 amide bonds. The maximum absolute atomic E-state index is 6.01. The van der Waals surface area contributed by atoms with Crippen LogP contribution in [0.15, 0.2) is 0 Å². The van der Waals surface area contributed by atoms with E-state index < -0.39 is 12.1 Å². The molecular formula is C14H29Cl3OSi. The van der Waals surface area contributed by atoms with E-state index in [4.69, 9.17) is 39.2 Å². The summed E-state index contributed by atoms with van der Waals surface area (Å²) in [7, 11) is -1.67. The van der Waals surface area contributed by atoms with Gasteiger partial charge in [0, 0.05) is 0 Å². The zero-order valence-corrected chi connectivity index (χ0v) is 16.0. The molecule has 0 aliphatic rings. The second-order valence-electron chi connectivity index (χ2n) is 6.17. The highest BCUT2D eigenvalue weighted by Crippen LogP contribution is 2.36. The molecule has 0 aromatic heterocycles. The molecule has 0 radical (unpaired) electrons. The lowest BCUT2D eigenvalue weighted by atomic mass is 10.1. The molecule has 0 rings (SSSR count). The van der Waals surface area contributed by atoms with Gasteiger partial charge in [0.2, 0.25) is 3.79 Å². The summed E-state index contributed by atoms with van der Waals surface area (Å²) in [6.07, 6.45) is 9.44. The second-order valence-corrected chi connectivity index (χ2v) is 13.0. The molecule has 0 aliphatic carbocycles. The van der Waals surface area contributed by atoms with Gasteiger partial charge in [0.25, 0.3) is 0 Å². The normalized spacial score (nSPS) is 14.7. The first-order valence-electron chi connectivity index (χ1n) is 7.41. The van der Waals surface area contributed by atoms with Crippen molar-refractivity contribution in [2.45, 2.75) is 87.8 Å². The number of halogens is 3. The van der Waals surface area contributed by atoms with Crippen molar-refractivity contribution >= 4 is 43.1 Å². The molecule has 0 aromatic carbocycles. The maximum Gasteiger partial charge on any atom is 0.215 e. The van der Waals surface area contributed by atoms with Crippen molar-refractivity contribution in [3.63, 3.8) is 0 Å². The van der Waals surface area contributed by atoms with Crippen LogP contribution in [0.2, 0.25) is 19.6 Å². The Bertz CT molecular complexity index is 224. The SMILES string of the molecule is CCCCCCCCC[C@@H](O[Si](C)(C)C)C(Cl)(Cl)Cl. The predicted molar refractivity (Wildman–Crippen MR) is 91.1 cm³/mol. The average Bonchev–Trinajstić information content (AvgIpc) is 2.23. The molecule has 0 spiro atoms. The third-order valence-electron chi connectivity index (χ3n) is 2.93. The van der Waals surface area contributed by atoms with Gasteiger partial charge >= 0.3 is 0 Å². The molecule has 19 heavy (non-hydrogen) atoms. The van der Waals surface area contributed by atoms with E-state index >= 15 is 0 Å². The van der Waals surface area contributed by atoms with Crippen LogP contribution in [0.25, 0.3) is 0 Å². The van der Waals surface area contributed by atoms with Crippen LogP contribution >= 0.6 is 34.8 Å². The first-order chi connectivity index (χ1) is 8.67. The Kier molecular flexibility index (Phi) is 10.4. The first-order valence-corrected chi connectivity index (χ1v) is 12.0. The molecule has 0 fully saturated rings. The van der Waals surface area contributed by atoms with E-state index in [1.54, 1.807) is 0 Å². The molecule has 0 unspecified atom stereocenters. The minimum absolute atomic E-state index is 0.264. The summed E-state index contributed by atoms with van der Waals surface area (Å²) in [5, 5.41) is 0. The van der Waals surface area contributed by atoms with E-state index in [2.05, 4.69) is 26.6 Å². The smallest absolute Gasteiger partial charge is 0.215 e. The van der Waals surface area contributed by atoms with Gasteiger partial charge < -0.3 is 4.43 Å². The monoisotopic (exact) mass is 346 g/mol. The summed E-state index contributed by atoms with van der Waals surface area (Å²) in [6.45, 7) is 8.61. The summed E-state index contributed by atoms with van der Waals surface area (Å²) in [6, 6.07) is 0. The highest BCUT2D eigenvalue weighted by atomic mass is 35.6. The average molecular weight is 348 g/mol. The van der Waals surface area contributed by atoms with Crippen LogP contribution in [0.4, 0.5) is 0 Å². The molecule has 1 atom stereocenters. The molecule has 0 N–H and O–H groups in total. The quantitative estimate of drug-likeness (QED) is 0.242. The fourth-order valence-electron chi connectivity index (χ4n) is 2.00. The van der Waals surface area contributed by atoms with Crippen molar-refractivity contribution in [2.75, 3.05) is 0 Å². The Morgan fingerprint density at radius 3 is 1.79 bits per heavy atom. The van der Waals surface area contributed by atoms with Crippen molar-refractivity contribution in [3.05, 3.63) is 0 Å². The van der Waals surface area contributed by atoms with Gasteiger partial charge in [-0.25, -0.2) is 0 Å². The molecule has 0 aromatic rings. The van der Waals surface area contributed by atoms with E-state index in [0.717, 1.165) is 12.8 Å². The molecular weight excluding hydrogens is 319 g/mol. The van der Waals surface area contributed by atoms with Crippen molar-refractivity contribution in [2.24, 2.45) is 0 Å². The molecule has 1 nitrogen and oxygen atoms in total. The zero-order chi connectivity index (χ0) is 14.9. The molecule has 0 heterocycles. The Hall–Kier alpha value is 1.05. The fraction of sp³-hybridized carbons (Fsp3) is 1.00. The van der Waals surface area contributed by atoms with Crippen LogP contribution in [-0.4, -0.2) is 18.2 Å². The number of alkyl halides is 3. The minimum atomic E-state index is -1.67. The summed E-state index contributed by atoms with van der Waals surface area (Å²) < 4.78 is 4.69. The maximum atomic E-state index is 6.01. The number of hydrogen-bond acceptors (Lipinski definition) is 1. The summed E-state index contributed by atoms with van der Waals surface area (Å²) in [4.78, 5) is 0. The highest BCUT2D eigenvalue weighted by molar-refractivity contribution is 6.71. The molecule has 0 saturated heterocycles. The van der Waals surface area contributed by atoms with Gasteiger partial charge in [-0.05, 0) is 26.1 Å². The largest absolute Gasteiger partial charge is 0.410 e. The van der Waals surface area contributed by atoms with E-state index in [1.807, 2.05) is 0 Å². The van der Waals surface area contributed by atoms with Gasteiger partial charge in [-0.2, -0.15) is 0 Å². The number of rotatable bonds is 10. The van der Waals surface area contributed by atoms with Gasteiger partial charge in [-0.15, -0.1) is 0 Å². The Labute approximate surface area is 135 Å². The second kappa shape index (κ2) is 9.89. The Morgan fingerprint density at radius 2 is 1.37 bits per heavy atom. The summed E-state index contributed by atoms with van der Waals surface area (Å²) >= 11 is 18.0. The van der Waals surface area contributed by atoms with Crippen LogP contribution in [-0.2, 0) is 4.43 Å². The molecule has 0 bridgehead atoms. The van der Waals surface area contributed by atoms with Crippen molar-refractivity contribution in [3.8, 4) is 0 Å². The predicted octanol–water partition coefficient (Wildman–Crippen LogP) is 6.72. The fourth-order valence-corrected chi connectivity index (χ4v) is 3.84. The standard InChI is InChI=1S/C14H29Cl3OSi/c1-5-6-7-8-9-10-11-12-13(14(15,16)17)18-19(2,3)4/h13H,5-12H2,1-4H3/t13-/m1/s1. The summed E-state index contributed by atoms with van der Waals surface area (Å²) in [5.74, 6) is 0. The minimum Gasteiger partial charge on any atom is -0.410 e. The molecule has 5 heteroatoms. The lowest BCUT2D eigenvalue weighted by molar-refractivity contribution is 0.183. The Balaban J connectivity index is 3.89. The van der Waals surface area contributed by atoms with Crippen LogP contribution in [0, 0.1) is 0 Å². The van der Waals surface area contributed by atoms with Gasteiger partial charge in [-0.1, -0.05) is 86.7 Å². The van der Waals surface area contributed by atoms with Gasteiger partial charge in [-0.3, -0.25) is 0 Å². The molecule has 0 saturated carbocycles. The van der Waals surface area contributed by atoms with Crippen molar-refractivity contribution < 1.29 is 4.43 Å². The van der Waals surface area contributed by atoms with Crippen molar-refractivity contribution in [1.82, 2.24) is 0 Å². The van der Waals surface area contributed by atoms with Gasteiger partial charge in [0.15, 0.2) is 8.32 Å². The van der Waals surface area contributed by atoms with E-state index in [9.17, 15) is 0 Å². The topological polar surface area (TPSA) is 9.23 Å². The summed E-state index contributed by atoms with van der Waals surface area (Å²) in [5.41, 5.74) is 0. The third kappa shape index (κ3) is 12.5. The highest BCUT2D eigenvalue weighted by Gasteiger charge is 2.36. The van der Waals surface area contributed by atoms with Crippen LogP contribution in [0.1, 0.15) is 58.3 Å². The van der Waals surface area contributed by atoms with Gasteiger partial charge in [0.1, 0.15) is 0 Å². The van der Waals surface area contributed by atoms with Crippen LogP contribution in [0.5, 0.6) is 0 Å². The number of hydrogen-bond donors (Lipinski definition) is 0. The van der Waals surface area contributed by atoms with Crippen LogP contribution in [0.3, 0.4) is 0 Å². The van der Waals surface area contributed by atoms with E-state index in [1.165, 1.54) is 38.5 Å². The molecule has 0 aliphatic heterocycles.